The molecular weight excluding hydrogens is 296 g/mol. The van der Waals surface area contributed by atoms with Gasteiger partial charge in [0.25, 0.3) is 0 Å². The van der Waals surface area contributed by atoms with Crippen LogP contribution in [0, 0.1) is 13.8 Å². The number of aryl methyl sites for hydroxylation is 1. The molecule has 0 saturated heterocycles. The largest absolute Gasteiger partial charge is 0.481 e. The van der Waals surface area contributed by atoms with Gasteiger partial charge in [0.15, 0.2) is 0 Å². The Morgan fingerprint density at radius 3 is 2.91 bits per heavy atom. The van der Waals surface area contributed by atoms with Crippen molar-refractivity contribution >= 4 is 22.8 Å². The maximum atomic E-state index is 10.7. The fraction of sp³-hybridized carbons (Fsp3) is 0.312. The summed E-state index contributed by atoms with van der Waals surface area (Å²) in [5.41, 5.74) is 2.97. The summed E-state index contributed by atoms with van der Waals surface area (Å²) in [5, 5.41) is 12.8. The predicted molar refractivity (Wildman–Crippen MR) is 85.6 cm³/mol. The number of fused-ring (bicyclic) bond motifs is 1. The lowest BCUT2D eigenvalue weighted by Crippen LogP contribution is -2.09. The molecule has 0 fully saturated rings. The summed E-state index contributed by atoms with van der Waals surface area (Å²) in [5.74, 6) is 0.671. The molecule has 3 heterocycles. The van der Waals surface area contributed by atoms with Gasteiger partial charge in [-0.3, -0.25) is 4.79 Å². The lowest BCUT2D eigenvalue weighted by Gasteiger charge is -2.07. The molecule has 120 valence electrons. The van der Waals surface area contributed by atoms with Crippen molar-refractivity contribution in [2.45, 2.75) is 26.8 Å². The first kappa shape index (κ1) is 15.1. The van der Waals surface area contributed by atoms with E-state index in [1.807, 2.05) is 26.0 Å². The second kappa shape index (κ2) is 6.12. The second-order valence-corrected chi connectivity index (χ2v) is 5.37. The fourth-order valence-electron chi connectivity index (χ4n) is 2.64. The first-order valence-electron chi connectivity index (χ1n) is 7.36. The number of furan rings is 1. The Morgan fingerprint density at radius 1 is 1.39 bits per heavy atom. The van der Waals surface area contributed by atoms with Crippen molar-refractivity contribution in [1.82, 2.24) is 14.5 Å². The molecule has 0 saturated carbocycles. The van der Waals surface area contributed by atoms with Crippen molar-refractivity contribution in [2.75, 3.05) is 11.9 Å². The van der Waals surface area contributed by atoms with Crippen LogP contribution in [0.25, 0.3) is 11.0 Å². The molecule has 0 atom stereocenters. The minimum absolute atomic E-state index is 0.0383. The summed E-state index contributed by atoms with van der Waals surface area (Å²) in [6.45, 7) is 4.96. The number of aromatic nitrogens is 3. The lowest BCUT2D eigenvalue weighted by molar-refractivity contribution is -0.136. The summed E-state index contributed by atoms with van der Waals surface area (Å²) < 4.78 is 7.50. The topological polar surface area (TPSA) is 93.2 Å². The first-order chi connectivity index (χ1) is 11.1. The van der Waals surface area contributed by atoms with Gasteiger partial charge < -0.3 is 19.4 Å². The van der Waals surface area contributed by atoms with Crippen molar-refractivity contribution in [3.8, 4) is 0 Å². The zero-order valence-corrected chi connectivity index (χ0v) is 13.0. The van der Waals surface area contributed by atoms with Crippen molar-refractivity contribution in [3.05, 3.63) is 41.7 Å². The molecule has 3 rings (SSSR count). The van der Waals surface area contributed by atoms with Crippen LogP contribution >= 0.6 is 0 Å². The number of rotatable bonds is 6. The van der Waals surface area contributed by atoms with Gasteiger partial charge >= 0.3 is 5.97 Å². The van der Waals surface area contributed by atoms with Crippen molar-refractivity contribution < 1.29 is 14.3 Å². The van der Waals surface area contributed by atoms with Crippen LogP contribution in [0.5, 0.6) is 0 Å². The molecular formula is C16H18N4O3. The number of hydrogen-bond acceptors (Lipinski definition) is 5. The van der Waals surface area contributed by atoms with E-state index in [1.165, 1.54) is 6.33 Å². The third-order valence-electron chi connectivity index (χ3n) is 3.93. The third-order valence-corrected chi connectivity index (χ3v) is 3.93. The quantitative estimate of drug-likeness (QED) is 0.726. The van der Waals surface area contributed by atoms with Crippen LogP contribution in [0.1, 0.15) is 23.4 Å². The Hall–Kier alpha value is -2.83. The number of anilines is 1. The average molecular weight is 314 g/mol. The Bertz CT molecular complexity index is 837. The van der Waals surface area contributed by atoms with E-state index in [0.29, 0.717) is 18.9 Å². The van der Waals surface area contributed by atoms with Gasteiger partial charge in [0.05, 0.1) is 24.6 Å². The molecule has 3 aromatic rings. The van der Waals surface area contributed by atoms with Gasteiger partial charge in [0, 0.05) is 12.2 Å². The van der Waals surface area contributed by atoms with Gasteiger partial charge in [0.1, 0.15) is 23.6 Å². The third kappa shape index (κ3) is 2.90. The molecule has 0 aliphatic heterocycles. The summed E-state index contributed by atoms with van der Waals surface area (Å²) in [6.07, 6.45) is 3.18. The summed E-state index contributed by atoms with van der Waals surface area (Å²) in [7, 11) is 0. The van der Waals surface area contributed by atoms with Crippen molar-refractivity contribution in [3.63, 3.8) is 0 Å². The van der Waals surface area contributed by atoms with Gasteiger partial charge in [-0.25, -0.2) is 9.97 Å². The molecule has 0 unspecified atom stereocenters. The van der Waals surface area contributed by atoms with Gasteiger partial charge in [-0.2, -0.15) is 0 Å². The van der Waals surface area contributed by atoms with Crippen LogP contribution in [0.2, 0.25) is 0 Å². The number of carboxylic acids is 1. The second-order valence-electron chi connectivity index (χ2n) is 5.37. The van der Waals surface area contributed by atoms with Gasteiger partial charge in [-0.15, -0.1) is 0 Å². The zero-order valence-electron chi connectivity index (χ0n) is 13.0. The van der Waals surface area contributed by atoms with E-state index in [2.05, 4.69) is 19.9 Å². The van der Waals surface area contributed by atoms with E-state index in [-0.39, 0.29) is 6.42 Å². The Labute approximate surface area is 133 Å². The number of carboxylic acid groups (broad SMARTS) is 1. The van der Waals surface area contributed by atoms with E-state index in [9.17, 15) is 4.79 Å². The molecule has 3 aromatic heterocycles. The molecule has 0 aliphatic rings. The molecule has 0 aromatic carbocycles. The van der Waals surface area contributed by atoms with Crippen LogP contribution in [0.3, 0.4) is 0 Å². The van der Waals surface area contributed by atoms with E-state index in [4.69, 9.17) is 9.52 Å². The summed E-state index contributed by atoms with van der Waals surface area (Å²) >= 11 is 0. The lowest BCUT2D eigenvalue weighted by atomic mass is 10.2. The molecule has 0 spiro atoms. The number of nitrogens with one attached hydrogen (secondary N) is 1. The fourth-order valence-corrected chi connectivity index (χ4v) is 2.64. The standard InChI is InChI=1S/C16H18N4O3/c1-10-11(2)20(8-12-4-3-7-23-12)16-14(10)15(18-9-19-16)17-6-5-13(21)22/h3-4,7,9H,5-6,8H2,1-2H3,(H,21,22)(H,17,18,19). The molecule has 0 radical (unpaired) electrons. The highest BCUT2D eigenvalue weighted by Gasteiger charge is 2.17. The van der Waals surface area contributed by atoms with Crippen LogP contribution < -0.4 is 5.32 Å². The maximum absolute atomic E-state index is 10.7. The minimum atomic E-state index is -0.842. The number of nitrogens with zero attached hydrogens (tertiary/aromatic N) is 3. The Morgan fingerprint density at radius 2 is 2.22 bits per heavy atom. The van der Waals surface area contributed by atoms with E-state index in [1.54, 1.807) is 6.26 Å². The molecule has 0 bridgehead atoms. The molecule has 7 heteroatoms. The minimum Gasteiger partial charge on any atom is -0.481 e. The van der Waals surface area contributed by atoms with Crippen LogP contribution in [0.4, 0.5) is 5.82 Å². The molecule has 2 N–H and O–H groups in total. The smallest absolute Gasteiger partial charge is 0.305 e. The summed E-state index contributed by atoms with van der Waals surface area (Å²) in [4.78, 5) is 19.3. The first-order valence-corrected chi connectivity index (χ1v) is 7.36. The highest BCUT2D eigenvalue weighted by atomic mass is 16.4. The predicted octanol–water partition coefficient (Wildman–Crippen LogP) is 2.58. The zero-order chi connectivity index (χ0) is 16.4. The molecule has 7 nitrogen and oxygen atoms in total. The highest BCUT2D eigenvalue weighted by Crippen LogP contribution is 2.29. The van der Waals surface area contributed by atoms with Crippen molar-refractivity contribution in [2.24, 2.45) is 0 Å². The Kier molecular flexibility index (Phi) is 4.01. The number of carbonyl (C=O) groups is 1. The van der Waals surface area contributed by atoms with E-state index < -0.39 is 5.97 Å². The van der Waals surface area contributed by atoms with Gasteiger partial charge in [-0.05, 0) is 31.5 Å². The number of aliphatic carboxylic acids is 1. The molecule has 0 aliphatic carbocycles. The molecule has 0 amide bonds. The van der Waals surface area contributed by atoms with E-state index >= 15 is 0 Å². The monoisotopic (exact) mass is 314 g/mol. The Balaban J connectivity index is 1.99. The average Bonchev–Trinajstić information content (AvgIpc) is 3.11. The van der Waals surface area contributed by atoms with Crippen molar-refractivity contribution in [1.29, 1.82) is 0 Å². The summed E-state index contributed by atoms with van der Waals surface area (Å²) in [6, 6.07) is 3.78. The normalized spacial score (nSPS) is 11.0. The van der Waals surface area contributed by atoms with E-state index in [0.717, 1.165) is 28.1 Å². The van der Waals surface area contributed by atoms with Crippen LogP contribution in [-0.4, -0.2) is 32.2 Å². The van der Waals surface area contributed by atoms with Crippen LogP contribution in [-0.2, 0) is 11.3 Å². The SMILES string of the molecule is Cc1c(C)n(Cc2ccco2)c2ncnc(NCCC(=O)O)c12. The van der Waals surface area contributed by atoms with Gasteiger partial charge in [0.2, 0.25) is 0 Å². The highest BCUT2D eigenvalue weighted by molar-refractivity contribution is 5.92. The maximum Gasteiger partial charge on any atom is 0.305 e. The van der Waals surface area contributed by atoms with Gasteiger partial charge in [-0.1, -0.05) is 0 Å². The van der Waals surface area contributed by atoms with Crippen LogP contribution in [0.15, 0.2) is 29.1 Å². The number of hydrogen-bond donors (Lipinski definition) is 2. The molecule has 23 heavy (non-hydrogen) atoms.